The first kappa shape index (κ1) is 16.9. The number of anilines is 2. The van der Waals surface area contributed by atoms with Crippen LogP contribution in [0.3, 0.4) is 0 Å². The summed E-state index contributed by atoms with van der Waals surface area (Å²) in [7, 11) is 0. The largest absolute Gasteiger partial charge is 0.376 e. The van der Waals surface area contributed by atoms with Gasteiger partial charge in [-0.2, -0.15) is 0 Å². The number of benzene rings is 1. The summed E-state index contributed by atoms with van der Waals surface area (Å²) in [5.74, 6) is 1.00. The molecule has 7 heteroatoms. The maximum Gasteiger partial charge on any atom is 0.229 e. The van der Waals surface area contributed by atoms with E-state index in [0.29, 0.717) is 18.1 Å². The van der Waals surface area contributed by atoms with Crippen LogP contribution < -0.4 is 10.6 Å². The third-order valence-corrected chi connectivity index (χ3v) is 4.27. The Balaban J connectivity index is 1.47. The SMILES string of the molecule is O=C(Cc1ccc(Br)cc1)Nc1ccc(NCC2CCCO2)nn1. The molecule has 1 atom stereocenters. The summed E-state index contributed by atoms with van der Waals surface area (Å²) < 4.78 is 6.53. The number of carbonyl (C=O) groups excluding carboxylic acids is 1. The maximum absolute atomic E-state index is 12.0. The van der Waals surface area contributed by atoms with Crippen molar-refractivity contribution in [2.45, 2.75) is 25.4 Å². The molecule has 1 aromatic heterocycles. The second-order valence-corrected chi connectivity index (χ2v) is 6.59. The minimum atomic E-state index is -0.119. The predicted octanol–water partition coefficient (Wildman–Crippen LogP) is 3.01. The van der Waals surface area contributed by atoms with E-state index in [9.17, 15) is 4.79 Å². The van der Waals surface area contributed by atoms with E-state index in [1.54, 1.807) is 12.1 Å². The molecule has 1 aliphatic rings. The zero-order valence-electron chi connectivity index (χ0n) is 13.2. The van der Waals surface area contributed by atoms with Crippen molar-refractivity contribution in [3.05, 3.63) is 46.4 Å². The van der Waals surface area contributed by atoms with Gasteiger partial charge in [0.05, 0.1) is 12.5 Å². The van der Waals surface area contributed by atoms with Gasteiger partial charge in [-0.05, 0) is 42.7 Å². The van der Waals surface area contributed by atoms with Gasteiger partial charge < -0.3 is 15.4 Å². The fraction of sp³-hybridized carbons (Fsp3) is 0.353. The van der Waals surface area contributed by atoms with Crippen LogP contribution in [0.15, 0.2) is 40.9 Å². The average molecular weight is 391 g/mol. The molecule has 2 aromatic rings. The molecular weight excluding hydrogens is 372 g/mol. The fourth-order valence-electron chi connectivity index (χ4n) is 2.49. The van der Waals surface area contributed by atoms with E-state index in [1.807, 2.05) is 24.3 Å². The summed E-state index contributed by atoms with van der Waals surface area (Å²) in [6.07, 6.45) is 2.73. The van der Waals surface area contributed by atoms with E-state index in [-0.39, 0.29) is 12.0 Å². The first-order valence-electron chi connectivity index (χ1n) is 7.92. The van der Waals surface area contributed by atoms with Gasteiger partial charge in [-0.15, -0.1) is 10.2 Å². The lowest BCUT2D eigenvalue weighted by molar-refractivity contribution is -0.115. The minimum Gasteiger partial charge on any atom is -0.376 e. The number of rotatable bonds is 6. The van der Waals surface area contributed by atoms with Crippen LogP contribution in [0.25, 0.3) is 0 Å². The molecule has 0 bridgehead atoms. The van der Waals surface area contributed by atoms with Gasteiger partial charge in [0, 0.05) is 17.6 Å². The van der Waals surface area contributed by atoms with E-state index >= 15 is 0 Å². The number of carbonyl (C=O) groups is 1. The van der Waals surface area contributed by atoms with Crippen LogP contribution in [-0.4, -0.2) is 35.4 Å². The molecule has 3 rings (SSSR count). The van der Waals surface area contributed by atoms with E-state index in [0.717, 1.165) is 36.0 Å². The molecule has 1 amide bonds. The Morgan fingerprint density at radius 2 is 1.92 bits per heavy atom. The van der Waals surface area contributed by atoms with E-state index in [2.05, 4.69) is 36.8 Å². The highest BCUT2D eigenvalue weighted by atomic mass is 79.9. The molecule has 1 fully saturated rings. The van der Waals surface area contributed by atoms with Crippen molar-refractivity contribution in [3.8, 4) is 0 Å². The lowest BCUT2D eigenvalue weighted by Crippen LogP contribution is -2.19. The Bertz CT molecular complexity index is 670. The van der Waals surface area contributed by atoms with Crippen molar-refractivity contribution in [2.75, 3.05) is 23.8 Å². The predicted molar refractivity (Wildman–Crippen MR) is 96.0 cm³/mol. The lowest BCUT2D eigenvalue weighted by Gasteiger charge is -2.11. The number of amides is 1. The van der Waals surface area contributed by atoms with Crippen LogP contribution in [0.1, 0.15) is 18.4 Å². The molecule has 24 heavy (non-hydrogen) atoms. The van der Waals surface area contributed by atoms with Gasteiger partial charge >= 0.3 is 0 Å². The van der Waals surface area contributed by atoms with Crippen LogP contribution in [0.4, 0.5) is 11.6 Å². The Kier molecular flexibility index (Phi) is 5.77. The second kappa shape index (κ2) is 8.21. The van der Waals surface area contributed by atoms with Gasteiger partial charge in [0.25, 0.3) is 0 Å². The van der Waals surface area contributed by atoms with Gasteiger partial charge in [-0.25, -0.2) is 0 Å². The van der Waals surface area contributed by atoms with Crippen molar-refractivity contribution < 1.29 is 9.53 Å². The molecule has 0 spiro atoms. The number of nitrogens with one attached hydrogen (secondary N) is 2. The molecule has 1 aliphatic heterocycles. The maximum atomic E-state index is 12.0. The molecule has 6 nitrogen and oxygen atoms in total. The minimum absolute atomic E-state index is 0.119. The summed E-state index contributed by atoms with van der Waals surface area (Å²) in [6, 6.07) is 11.2. The monoisotopic (exact) mass is 390 g/mol. The Hall–Kier alpha value is -1.99. The van der Waals surface area contributed by atoms with Crippen molar-refractivity contribution in [3.63, 3.8) is 0 Å². The number of aromatic nitrogens is 2. The van der Waals surface area contributed by atoms with Crippen LogP contribution >= 0.6 is 15.9 Å². The van der Waals surface area contributed by atoms with Gasteiger partial charge in [0.15, 0.2) is 5.82 Å². The summed E-state index contributed by atoms with van der Waals surface area (Å²) in [4.78, 5) is 12.0. The van der Waals surface area contributed by atoms with Crippen molar-refractivity contribution in [2.24, 2.45) is 0 Å². The normalized spacial score (nSPS) is 16.8. The Labute approximate surface area is 149 Å². The van der Waals surface area contributed by atoms with Crippen LogP contribution in [0, 0.1) is 0 Å². The van der Waals surface area contributed by atoms with Crippen molar-refractivity contribution in [1.29, 1.82) is 0 Å². The lowest BCUT2D eigenvalue weighted by atomic mass is 10.1. The van der Waals surface area contributed by atoms with Crippen LogP contribution in [-0.2, 0) is 16.0 Å². The molecule has 1 saturated heterocycles. The Morgan fingerprint density at radius 3 is 2.58 bits per heavy atom. The van der Waals surface area contributed by atoms with E-state index in [4.69, 9.17) is 4.74 Å². The fourth-order valence-corrected chi connectivity index (χ4v) is 2.76. The third-order valence-electron chi connectivity index (χ3n) is 3.74. The first-order chi connectivity index (χ1) is 11.7. The molecule has 0 saturated carbocycles. The van der Waals surface area contributed by atoms with Crippen LogP contribution in [0.2, 0.25) is 0 Å². The van der Waals surface area contributed by atoms with Crippen molar-refractivity contribution in [1.82, 2.24) is 10.2 Å². The van der Waals surface area contributed by atoms with Gasteiger partial charge in [-0.1, -0.05) is 28.1 Å². The summed E-state index contributed by atoms with van der Waals surface area (Å²) in [6.45, 7) is 1.56. The number of ether oxygens (including phenoxy) is 1. The molecule has 1 aromatic carbocycles. The molecule has 2 N–H and O–H groups in total. The highest BCUT2D eigenvalue weighted by Crippen LogP contribution is 2.14. The van der Waals surface area contributed by atoms with E-state index in [1.165, 1.54) is 0 Å². The summed E-state index contributed by atoms with van der Waals surface area (Å²) in [5, 5.41) is 14.0. The zero-order valence-corrected chi connectivity index (χ0v) is 14.8. The molecule has 2 heterocycles. The van der Waals surface area contributed by atoms with Crippen molar-refractivity contribution >= 4 is 33.5 Å². The number of hydrogen-bond acceptors (Lipinski definition) is 5. The topological polar surface area (TPSA) is 76.1 Å². The standard InChI is InChI=1S/C17H19BrN4O2/c18-13-5-3-12(4-6-13)10-17(23)20-16-8-7-15(21-22-16)19-11-14-2-1-9-24-14/h3-8,14H,1-2,9-11H2,(H,19,21)(H,20,22,23). The molecule has 126 valence electrons. The van der Waals surface area contributed by atoms with Gasteiger partial charge in [0.1, 0.15) is 5.82 Å². The third kappa shape index (κ3) is 5.01. The second-order valence-electron chi connectivity index (χ2n) is 5.67. The number of hydrogen-bond donors (Lipinski definition) is 2. The molecule has 0 aliphatic carbocycles. The van der Waals surface area contributed by atoms with E-state index < -0.39 is 0 Å². The quantitative estimate of drug-likeness (QED) is 0.792. The number of halogens is 1. The summed E-state index contributed by atoms with van der Waals surface area (Å²) in [5.41, 5.74) is 0.943. The number of nitrogens with zero attached hydrogens (tertiary/aromatic N) is 2. The van der Waals surface area contributed by atoms with Gasteiger partial charge in [0.2, 0.25) is 5.91 Å². The summed E-state index contributed by atoms with van der Waals surface area (Å²) >= 11 is 3.37. The average Bonchev–Trinajstić information content (AvgIpc) is 3.10. The zero-order chi connectivity index (χ0) is 16.8. The van der Waals surface area contributed by atoms with Crippen LogP contribution in [0.5, 0.6) is 0 Å². The highest BCUT2D eigenvalue weighted by Gasteiger charge is 2.15. The highest BCUT2D eigenvalue weighted by molar-refractivity contribution is 9.10. The Morgan fingerprint density at radius 1 is 1.17 bits per heavy atom. The smallest absolute Gasteiger partial charge is 0.229 e. The molecule has 1 unspecified atom stereocenters. The molecular formula is C17H19BrN4O2. The molecule has 0 radical (unpaired) electrons. The van der Waals surface area contributed by atoms with Gasteiger partial charge in [-0.3, -0.25) is 4.79 Å². The first-order valence-corrected chi connectivity index (χ1v) is 8.72.